The smallest absolute Gasteiger partial charge is 0.185 e. The van der Waals surface area contributed by atoms with Crippen LogP contribution >= 0.6 is 34.5 Å². The summed E-state index contributed by atoms with van der Waals surface area (Å²) < 4.78 is 26.1. The van der Waals surface area contributed by atoms with E-state index in [1.54, 1.807) is 17.4 Å². The molecule has 3 aromatic rings. The van der Waals surface area contributed by atoms with Gasteiger partial charge in [-0.2, -0.15) is 0 Å². The molecule has 31 heavy (non-hydrogen) atoms. The minimum absolute atomic E-state index is 0.202. The molecule has 0 radical (unpaired) electrons. The van der Waals surface area contributed by atoms with Gasteiger partial charge in [0.25, 0.3) is 0 Å². The summed E-state index contributed by atoms with van der Waals surface area (Å²) in [7, 11) is -3.47. The second-order valence-corrected chi connectivity index (χ2v) is 12.1. The Morgan fingerprint density at radius 3 is 2.23 bits per heavy atom. The van der Waals surface area contributed by atoms with Gasteiger partial charge in [0.2, 0.25) is 0 Å². The van der Waals surface area contributed by atoms with Crippen molar-refractivity contribution < 1.29 is 8.42 Å². The number of aromatic nitrogens is 1. The van der Waals surface area contributed by atoms with Crippen LogP contribution in [-0.2, 0) is 16.3 Å². The zero-order chi connectivity index (χ0) is 22.2. The van der Waals surface area contributed by atoms with E-state index in [-0.39, 0.29) is 4.90 Å². The SMILES string of the molecule is Cc1cc(C)cc(Cc2csc(N3CCC(S(=O)(=O)c4cc(Cl)cc(Cl)c4)CC3)n2)c1. The molecule has 2 aromatic carbocycles. The van der Waals surface area contributed by atoms with Crippen molar-refractivity contribution in [2.24, 2.45) is 0 Å². The van der Waals surface area contributed by atoms with Gasteiger partial charge >= 0.3 is 0 Å². The van der Waals surface area contributed by atoms with Gasteiger partial charge in [-0.05, 0) is 50.5 Å². The third-order valence-electron chi connectivity index (χ3n) is 5.52. The summed E-state index contributed by atoms with van der Waals surface area (Å²) in [6.07, 6.45) is 1.91. The van der Waals surface area contributed by atoms with E-state index in [2.05, 4.69) is 42.3 Å². The molecule has 164 valence electrons. The molecule has 1 aliphatic heterocycles. The maximum absolute atomic E-state index is 13.0. The molecule has 4 nitrogen and oxygen atoms in total. The van der Waals surface area contributed by atoms with E-state index in [0.717, 1.165) is 17.2 Å². The number of nitrogens with zero attached hydrogens (tertiary/aromatic N) is 2. The first kappa shape index (κ1) is 22.6. The molecule has 1 fully saturated rings. The normalized spacial score (nSPS) is 15.4. The van der Waals surface area contributed by atoms with Crippen molar-refractivity contribution in [1.29, 1.82) is 0 Å². The van der Waals surface area contributed by atoms with E-state index in [0.29, 0.717) is 36.0 Å². The van der Waals surface area contributed by atoms with E-state index in [1.807, 2.05) is 0 Å². The van der Waals surface area contributed by atoms with Gasteiger partial charge in [0.15, 0.2) is 15.0 Å². The molecule has 2 heterocycles. The quantitative estimate of drug-likeness (QED) is 0.429. The molecule has 0 saturated carbocycles. The van der Waals surface area contributed by atoms with Crippen molar-refractivity contribution in [3.05, 3.63) is 74.2 Å². The van der Waals surface area contributed by atoms with Gasteiger partial charge in [0.05, 0.1) is 15.8 Å². The number of hydrogen-bond donors (Lipinski definition) is 0. The Bertz CT molecular complexity index is 1160. The number of thiazole rings is 1. The molecule has 0 unspecified atom stereocenters. The third-order valence-corrected chi connectivity index (χ3v) is 9.15. The van der Waals surface area contributed by atoms with Crippen molar-refractivity contribution in [1.82, 2.24) is 4.98 Å². The van der Waals surface area contributed by atoms with Crippen LogP contribution in [0.15, 0.2) is 46.7 Å². The fourth-order valence-electron chi connectivity index (χ4n) is 4.15. The monoisotopic (exact) mass is 494 g/mol. The van der Waals surface area contributed by atoms with Crippen LogP contribution in [0.5, 0.6) is 0 Å². The molecule has 0 bridgehead atoms. The van der Waals surface area contributed by atoms with Crippen molar-refractivity contribution >= 4 is 49.5 Å². The van der Waals surface area contributed by atoms with Gasteiger partial charge in [-0.3, -0.25) is 0 Å². The summed E-state index contributed by atoms with van der Waals surface area (Å²) in [6.45, 7) is 5.54. The minimum Gasteiger partial charge on any atom is -0.348 e. The zero-order valence-electron chi connectivity index (χ0n) is 17.4. The second kappa shape index (κ2) is 9.10. The van der Waals surface area contributed by atoms with Crippen LogP contribution in [0.4, 0.5) is 5.13 Å². The molecule has 0 spiro atoms. The molecule has 0 atom stereocenters. The van der Waals surface area contributed by atoms with Gasteiger partial charge in [-0.15, -0.1) is 11.3 Å². The highest BCUT2D eigenvalue weighted by molar-refractivity contribution is 7.92. The molecule has 0 N–H and O–H groups in total. The Labute approximate surface area is 197 Å². The Kier molecular flexibility index (Phi) is 6.63. The number of anilines is 1. The lowest BCUT2D eigenvalue weighted by Gasteiger charge is -2.31. The Hall–Kier alpha value is -1.60. The second-order valence-electron chi connectivity index (χ2n) is 8.13. The number of benzene rings is 2. The van der Waals surface area contributed by atoms with Gasteiger partial charge in [-0.25, -0.2) is 13.4 Å². The highest BCUT2D eigenvalue weighted by Crippen LogP contribution is 2.31. The number of sulfone groups is 1. The van der Waals surface area contributed by atoms with Crippen LogP contribution in [0.2, 0.25) is 10.0 Å². The van der Waals surface area contributed by atoms with Gasteiger partial charge in [-0.1, -0.05) is 52.5 Å². The Balaban J connectivity index is 1.42. The number of piperidine rings is 1. The summed E-state index contributed by atoms with van der Waals surface area (Å²) >= 11 is 13.6. The van der Waals surface area contributed by atoms with E-state index >= 15 is 0 Å². The lowest BCUT2D eigenvalue weighted by Crippen LogP contribution is -2.39. The fourth-order valence-corrected chi connectivity index (χ4v) is 7.48. The largest absolute Gasteiger partial charge is 0.348 e. The van der Waals surface area contributed by atoms with Crippen LogP contribution in [-0.4, -0.2) is 31.7 Å². The first-order valence-corrected chi connectivity index (χ1v) is 13.4. The fraction of sp³-hybridized carbons (Fsp3) is 0.348. The third kappa shape index (κ3) is 5.25. The van der Waals surface area contributed by atoms with Crippen molar-refractivity contribution in [2.45, 2.75) is 43.3 Å². The van der Waals surface area contributed by atoms with E-state index in [4.69, 9.17) is 28.2 Å². The van der Waals surface area contributed by atoms with Crippen LogP contribution in [0, 0.1) is 13.8 Å². The average Bonchev–Trinajstić information content (AvgIpc) is 3.15. The predicted molar refractivity (Wildman–Crippen MR) is 130 cm³/mol. The maximum Gasteiger partial charge on any atom is 0.185 e. The highest BCUT2D eigenvalue weighted by atomic mass is 35.5. The molecule has 8 heteroatoms. The van der Waals surface area contributed by atoms with E-state index in [9.17, 15) is 8.42 Å². The summed E-state index contributed by atoms with van der Waals surface area (Å²) in [5, 5.41) is 3.29. The van der Waals surface area contributed by atoms with Crippen LogP contribution < -0.4 is 4.90 Å². The topological polar surface area (TPSA) is 50.3 Å². The number of rotatable bonds is 5. The molecule has 0 amide bonds. The first-order valence-electron chi connectivity index (χ1n) is 10.2. The summed E-state index contributed by atoms with van der Waals surface area (Å²) in [5.74, 6) is 0. The maximum atomic E-state index is 13.0. The summed E-state index contributed by atoms with van der Waals surface area (Å²) in [4.78, 5) is 7.21. The van der Waals surface area contributed by atoms with Crippen molar-refractivity contribution in [3.8, 4) is 0 Å². The van der Waals surface area contributed by atoms with Crippen LogP contribution in [0.1, 0.15) is 35.2 Å². The van der Waals surface area contributed by atoms with Crippen molar-refractivity contribution in [3.63, 3.8) is 0 Å². The summed E-state index contributed by atoms with van der Waals surface area (Å²) in [6, 6.07) is 11.1. The zero-order valence-corrected chi connectivity index (χ0v) is 20.6. The van der Waals surface area contributed by atoms with Gasteiger partial charge in [0.1, 0.15) is 0 Å². The first-order chi connectivity index (χ1) is 14.7. The Morgan fingerprint density at radius 1 is 1.00 bits per heavy atom. The molecule has 0 aliphatic carbocycles. The standard InChI is InChI=1S/C23H24Cl2N2O2S2/c1-15-7-16(2)9-17(8-15)10-20-14-30-23(26-20)27-5-3-21(4-6-27)31(28,29)22-12-18(24)11-19(25)13-22/h7-9,11-14,21H,3-6,10H2,1-2H3. The van der Waals surface area contributed by atoms with Crippen LogP contribution in [0.3, 0.4) is 0 Å². The Morgan fingerprint density at radius 2 is 1.61 bits per heavy atom. The average molecular weight is 495 g/mol. The van der Waals surface area contributed by atoms with Gasteiger partial charge < -0.3 is 4.90 Å². The van der Waals surface area contributed by atoms with Crippen LogP contribution in [0.25, 0.3) is 0 Å². The number of hydrogen-bond acceptors (Lipinski definition) is 5. The van der Waals surface area contributed by atoms with E-state index in [1.165, 1.54) is 28.8 Å². The van der Waals surface area contributed by atoms with Crippen molar-refractivity contribution in [2.75, 3.05) is 18.0 Å². The van der Waals surface area contributed by atoms with Gasteiger partial charge in [0, 0.05) is 34.9 Å². The molecule has 1 aromatic heterocycles. The summed E-state index contributed by atoms with van der Waals surface area (Å²) in [5.41, 5.74) is 4.83. The number of aryl methyl sites for hydroxylation is 2. The molecule has 1 saturated heterocycles. The lowest BCUT2D eigenvalue weighted by molar-refractivity contribution is 0.529. The minimum atomic E-state index is -3.47. The molecular formula is C23H24Cl2N2O2S2. The molecular weight excluding hydrogens is 471 g/mol. The van der Waals surface area contributed by atoms with E-state index < -0.39 is 15.1 Å². The predicted octanol–water partition coefficient (Wildman–Crippen LogP) is 6.10. The molecule has 1 aliphatic rings. The highest BCUT2D eigenvalue weighted by Gasteiger charge is 2.32. The number of halogens is 2. The molecule has 4 rings (SSSR count). The lowest BCUT2D eigenvalue weighted by atomic mass is 10.0.